The SMILES string of the molecule is CSCCn1c(=S)[nH]c2cc(Cl)ccc21. The molecule has 2 nitrogen and oxygen atoms in total. The van der Waals surface area contributed by atoms with Crippen molar-refractivity contribution in [3.8, 4) is 0 Å². The summed E-state index contributed by atoms with van der Waals surface area (Å²) in [4.78, 5) is 3.16. The van der Waals surface area contributed by atoms with Gasteiger partial charge in [0.05, 0.1) is 11.0 Å². The van der Waals surface area contributed by atoms with E-state index in [9.17, 15) is 0 Å². The summed E-state index contributed by atoms with van der Waals surface area (Å²) in [6.45, 7) is 0.932. The minimum absolute atomic E-state index is 0.732. The largest absolute Gasteiger partial charge is 0.331 e. The quantitative estimate of drug-likeness (QED) is 0.847. The summed E-state index contributed by atoms with van der Waals surface area (Å²) in [7, 11) is 0. The Hall–Kier alpha value is -0.450. The highest BCUT2D eigenvalue weighted by molar-refractivity contribution is 7.98. The lowest BCUT2D eigenvalue weighted by atomic mass is 10.3. The van der Waals surface area contributed by atoms with Crippen molar-refractivity contribution in [1.29, 1.82) is 0 Å². The van der Waals surface area contributed by atoms with Crippen molar-refractivity contribution < 1.29 is 0 Å². The number of H-pyrrole nitrogens is 1. The Balaban J connectivity index is 2.53. The summed E-state index contributed by atoms with van der Waals surface area (Å²) >= 11 is 13.0. The van der Waals surface area contributed by atoms with Crippen molar-refractivity contribution in [2.24, 2.45) is 0 Å². The van der Waals surface area contributed by atoms with Crippen molar-refractivity contribution in [3.05, 3.63) is 28.0 Å². The molecule has 2 rings (SSSR count). The van der Waals surface area contributed by atoms with Crippen molar-refractivity contribution >= 4 is 46.6 Å². The van der Waals surface area contributed by atoms with E-state index in [2.05, 4.69) is 15.8 Å². The van der Waals surface area contributed by atoms with Gasteiger partial charge >= 0.3 is 0 Å². The average Bonchev–Trinajstić information content (AvgIpc) is 2.50. The molecule has 80 valence electrons. The molecule has 0 radical (unpaired) electrons. The number of thioether (sulfide) groups is 1. The molecule has 5 heteroatoms. The van der Waals surface area contributed by atoms with Crippen LogP contribution in [0.1, 0.15) is 0 Å². The Morgan fingerprint density at radius 1 is 1.53 bits per heavy atom. The van der Waals surface area contributed by atoms with Gasteiger partial charge in [-0.1, -0.05) is 11.6 Å². The van der Waals surface area contributed by atoms with Gasteiger partial charge in [0.15, 0.2) is 4.77 Å². The van der Waals surface area contributed by atoms with Crippen LogP contribution in [0.25, 0.3) is 11.0 Å². The van der Waals surface area contributed by atoms with Crippen LogP contribution in [-0.4, -0.2) is 21.6 Å². The molecule has 1 heterocycles. The van der Waals surface area contributed by atoms with E-state index < -0.39 is 0 Å². The van der Waals surface area contributed by atoms with Crippen LogP contribution in [0.4, 0.5) is 0 Å². The number of aryl methyl sites for hydroxylation is 1. The van der Waals surface area contributed by atoms with Gasteiger partial charge in [0.1, 0.15) is 0 Å². The van der Waals surface area contributed by atoms with Crippen LogP contribution in [0.15, 0.2) is 18.2 Å². The number of aromatic nitrogens is 2. The number of nitrogens with zero attached hydrogens (tertiary/aromatic N) is 1. The first-order valence-corrected chi connectivity index (χ1v) is 6.77. The molecule has 2 aromatic rings. The van der Waals surface area contributed by atoms with Crippen LogP contribution in [0.2, 0.25) is 5.02 Å². The van der Waals surface area contributed by atoms with Crippen molar-refractivity contribution in [2.75, 3.05) is 12.0 Å². The smallest absolute Gasteiger partial charge is 0.178 e. The van der Waals surface area contributed by atoms with Gasteiger partial charge in [0.25, 0.3) is 0 Å². The normalized spacial score (nSPS) is 11.1. The summed E-state index contributed by atoms with van der Waals surface area (Å²) in [6, 6.07) is 5.80. The third kappa shape index (κ3) is 2.22. The Kier molecular flexibility index (Phi) is 3.38. The number of hydrogen-bond acceptors (Lipinski definition) is 2. The molecule has 0 fully saturated rings. The molecule has 0 saturated carbocycles. The first-order chi connectivity index (χ1) is 7.22. The lowest BCUT2D eigenvalue weighted by molar-refractivity contribution is 0.784. The van der Waals surface area contributed by atoms with E-state index in [4.69, 9.17) is 23.8 Å². The Bertz CT molecular complexity index is 530. The molecule has 0 atom stereocenters. The second kappa shape index (κ2) is 4.60. The Morgan fingerprint density at radius 3 is 3.07 bits per heavy atom. The molecular weight excluding hydrogens is 248 g/mol. The molecule has 0 aliphatic heterocycles. The van der Waals surface area contributed by atoms with Crippen LogP contribution >= 0.6 is 35.6 Å². The minimum atomic E-state index is 0.732. The van der Waals surface area contributed by atoms with Crippen molar-refractivity contribution in [3.63, 3.8) is 0 Å². The van der Waals surface area contributed by atoms with Gasteiger partial charge < -0.3 is 9.55 Å². The summed E-state index contributed by atoms with van der Waals surface area (Å²) in [6.07, 6.45) is 2.09. The molecule has 1 aromatic heterocycles. The van der Waals surface area contributed by atoms with E-state index in [1.54, 1.807) is 0 Å². The first-order valence-electron chi connectivity index (χ1n) is 4.59. The molecule has 0 amide bonds. The van der Waals surface area contributed by atoms with Crippen LogP contribution in [0, 0.1) is 4.77 Å². The predicted octanol–water partition coefficient (Wildman–Crippen LogP) is 3.72. The van der Waals surface area contributed by atoms with Crippen LogP contribution in [0.5, 0.6) is 0 Å². The topological polar surface area (TPSA) is 20.7 Å². The second-order valence-electron chi connectivity index (χ2n) is 3.24. The minimum Gasteiger partial charge on any atom is -0.331 e. The monoisotopic (exact) mass is 258 g/mol. The number of rotatable bonds is 3. The number of imidazole rings is 1. The fourth-order valence-corrected chi connectivity index (χ4v) is 2.38. The molecule has 0 bridgehead atoms. The van der Waals surface area contributed by atoms with Gasteiger partial charge in [-0.05, 0) is 36.7 Å². The van der Waals surface area contributed by atoms with Gasteiger partial charge in [0.2, 0.25) is 0 Å². The Labute approximate surface area is 103 Å². The highest BCUT2D eigenvalue weighted by Crippen LogP contribution is 2.19. The molecule has 0 unspecified atom stereocenters. The molecule has 0 saturated heterocycles. The lowest BCUT2D eigenvalue weighted by Gasteiger charge is -2.02. The van der Waals surface area contributed by atoms with E-state index in [-0.39, 0.29) is 0 Å². The zero-order valence-corrected chi connectivity index (χ0v) is 10.7. The predicted molar refractivity (Wildman–Crippen MR) is 70.5 cm³/mol. The lowest BCUT2D eigenvalue weighted by Crippen LogP contribution is -1.99. The molecule has 0 spiro atoms. The number of fused-ring (bicyclic) bond motifs is 1. The number of hydrogen-bond donors (Lipinski definition) is 1. The maximum Gasteiger partial charge on any atom is 0.178 e. The van der Waals surface area contributed by atoms with Gasteiger partial charge in [-0.2, -0.15) is 11.8 Å². The van der Waals surface area contributed by atoms with Gasteiger partial charge in [-0.3, -0.25) is 0 Å². The summed E-state index contributed by atoms with van der Waals surface area (Å²) in [5, 5.41) is 0.732. The number of halogens is 1. The summed E-state index contributed by atoms with van der Waals surface area (Å²) in [5.74, 6) is 1.06. The highest BCUT2D eigenvalue weighted by Gasteiger charge is 2.03. The van der Waals surface area contributed by atoms with Crippen molar-refractivity contribution in [2.45, 2.75) is 6.54 Å². The second-order valence-corrected chi connectivity index (χ2v) is 5.04. The highest BCUT2D eigenvalue weighted by atomic mass is 35.5. The number of aromatic amines is 1. The van der Waals surface area contributed by atoms with E-state index in [1.165, 1.54) is 0 Å². The fraction of sp³-hybridized carbons (Fsp3) is 0.300. The zero-order chi connectivity index (χ0) is 10.8. The molecular formula is C10H11ClN2S2. The van der Waals surface area contributed by atoms with Gasteiger partial charge in [-0.15, -0.1) is 0 Å². The van der Waals surface area contributed by atoms with Gasteiger partial charge in [0, 0.05) is 17.3 Å². The maximum absolute atomic E-state index is 5.92. The van der Waals surface area contributed by atoms with E-state index in [1.807, 2.05) is 30.0 Å². The Morgan fingerprint density at radius 2 is 2.33 bits per heavy atom. The maximum atomic E-state index is 5.92. The standard InChI is InChI=1S/C10H11ClN2S2/c1-15-5-4-13-9-3-2-7(11)6-8(9)12-10(13)14/h2-3,6H,4-5H2,1H3,(H,12,14). The van der Waals surface area contributed by atoms with Crippen LogP contribution < -0.4 is 0 Å². The van der Waals surface area contributed by atoms with E-state index >= 15 is 0 Å². The third-order valence-electron chi connectivity index (χ3n) is 2.26. The number of nitrogens with one attached hydrogen (secondary N) is 1. The number of benzene rings is 1. The summed E-state index contributed by atoms with van der Waals surface area (Å²) < 4.78 is 2.87. The molecule has 0 aliphatic rings. The molecule has 1 aromatic carbocycles. The van der Waals surface area contributed by atoms with Crippen LogP contribution in [0.3, 0.4) is 0 Å². The summed E-state index contributed by atoms with van der Waals surface area (Å²) in [5.41, 5.74) is 2.13. The molecule has 0 aliphatic carbocycles. The average molecular weight is 259 g/mol. The third-order valence-corrected chi connectivity index (χ3v) is 3.40. The molecule has 15 heavy (non-hydrogen) atoms. The van der Waals surface area contributed by atoms with Crippen molar-refractivity contribution in [1.82, 2.24) is 9.55 Å². The van der Waals surface area contributed by atoms with E-state index in [0.717, 1.165) is 33.1 Å². The molecule has 1 N–H and O–H groups in total. The van der Waals surface area contributed by atoms with Gasteiger partial charge in [-0.25, -0.2) is 0 Å². The zero-order valence-electron chi connectivity index (χ0n) is 8.29. The van der Waals surface area contributed by atoms with E-state index in [0.29, 0.717) is 0 Å². The fourth-order valence-electron chi connectivity index (χ4n) is 1.54. The first kappa shape index (κ1) is 11.0. The van der Waals surface area contributed by atoms with Crippen LogP contribution in [-0.2, 0) is 6.54 Å².